The molecule has 0 radical (unpaired) electrons. The molecule has 0 unspecified atom stereocenters. The van der Waals surface area contributed by atoms with Gasteiger partial charge in [0.2, 0.25) is 0 Å². The summed E-state index contributed by atoms with van der Waals surface area (Å²) in [4.78, 5) is 0. The number of rotatable bonds is 10. The van der Waals surface area contributed by atoms with Crippen molar-refractivity contribution in [3.05, 3.63) is 29.8 Å². The van der Waals surface area contributed by atoms with Gasteiger partial charge in [0.15, 0.2) is 0 Å². The number of hydrogen-bond acceptors (Lipinski definition) is 2. The van der Waals surface area contributed by atoms with Crippen molar-refractivity contribution in [3.8, 4) is 5.75 Å². The molecule has 198 valence electrons. The zero-order valence-electron chi connectivity index (χ0n) is 22.3. The van der Waals surface area contributed by atoms with Gasteiger partial charge in [-0.25, -0.2) is 0 Å². The van der Waals surface area contributed by atoms with Crippen molar-refractivity contribution >= 4 is 0 Å². The van der Waals surface area contributed by atoms with Gasteiger partial charge >= 0.3 is 6.11 Å². The number of nitrogens with one attached hydrogen (secondary N) is 1. The Morgan fingerprint density at radius 3 is 1.97 bits per heavy atom. The summed E-state index contributed by atoms with van der Waals surface area (Å²) in [5.41, 5.74) is 1.26. The maximum atomic E-state index is 15.1. The van der Waals surface area contributed by atoms with Crippen LogP contribution in [-0.4, -0.2) is 19.2 Å². The van der Waals surface area contributed by atoms with E-state index in [1.54, 1.807) is 12.1 Å². The highest BCUT2D eigenvalue weighted by atomic mass is 19.3. The van der Waals surface area contributed by atoms with Gasteiger partial charge in [-0.05, 0) is 113 Å². The second-order valence-corrected chi connectivity index (χ2v) is 12.0. The highest BCUT2D eigenvalue weighted by Crippen LogP contribution is 2.46. The quantitative estimate of drug-likeness (QED) is 0.331. The summed E-state index contributed by atoms with van der Waals surface area (Å²) in [5.74, 6) is 2.53. The monoisotopic (exact) mass is 489 g/mol. The fourth-order valence-corrected chi connectivity index (χ4v) is 7.32. The molecule has 4 rings (SSSR count). The predicted octanol–water partition coefficient (Wildman–Crippen LogP) is 9.10. The molecule has 0 aromatic heterocycles. The minimum Gasteiger partial charge on any atom is -0.432 e. The average molecular weight is 490 g/mol. The van der Waals surface area contributed by atoms with Crippen LogP contribution in [0.2, 0.25) is 0 Å². The van der Waals surface area contributed by atoms with Crippen LogP contribution < -0.4 is 10.1 Å². The number of ether oxygens (including phenoxy) is 1. The van der Waals surface area contributed by atoms with E-state index < -0.39 is 12.0 Å². The number of unbranched alkanes of at least 4 members (excludes halogenated alkanes) is 2. The van der Waals surface area contributed by atoms with Crippen molar-refractivity contribution < 1.29 is 13.5 Å². The van der Waals surface area contributed by atoms with Crippen LogP contribution in [0.25, 0.3) is 0 Å². The summed E-state index contributed by atoms with van der Waals surface area (Å²) >= 11 is 0. The van der Waals surface area contributed by atoms with Gasteiger partial charge < -0.3 is 10.1 Å². The van der Waals surface area contributed by atoms with E-state index in [2.05, 4.69) is 12.2 Å². The van der Waals surface area contributed by atoms with E-state index in [9.17, 15) is 0 Å². The van der Waals surface area contributed by atoms with Crippen molar-refractivity contribution in [3.63, 3.8) is 0 Å². The molecule has 3 saturated carbocycles. The van der Waals surface area contributed by atoms with Crippen LogP contribution in [0.3, 0.4) is 0 Å². The molecule has 0 amide bonds. The molecule has 3 fully saturated rings. The van der Waals surface area contributed by atoms with Crippen LogP contribution in [0.5, 0.6) is 5.75 Å². The molecule has 4 heteroatoms. The van der Waals surface area contributed by atoms with Crippen LogP contribution in [0, 0.1) is 23.7 Å². The molecule has 0 atom stereocenters. The van der Waals surface area contributed by atoms with Crippen molar-refractivity contribution in [1.82, 2.24) is 5.32 Å². The van der Waals surface area contributed by atoms with E-state index in [1.165, 1.54) is 69.8 Å². The standard InChI is InChI=1S/C31H49F2NO/c1-3-4-5-6-23-7-9-24(10-8-23)25-11-17-28(18-12-25)31(32,33)35-30-21-15-27(16-22-30)26-13-19-29(34-2)20-14-26/h15-16,21-26,28-29,34H,3-14,17-20H2,1-2H3. The van der Waals surface area contributed by atoms with Crippen molar-refractivity contribution in [2.75, 3.05) is 7.05 Å². The molecular weight excluding hydrogens is 440 g/mol. The summed E-state index contributed by atoms with van der Waals surface area (Å²) in [5, 5.41) is 3.37. The Morgan fingerprint density at radius 1 is 0.800 bits per heavy atom. The third-order valence-corrected chi connectivity index (χ3v) is 9.76. The molecule has 1 aromatic rings. The Bertz CT molecular complexity index is 727. The molecule has 0 spiro atoms. The summed E-state index contributed by atoms with van der Waals surface area (Å²) in [6.07, 6.45) is 15.5. The predicted molar refractivity (Wildman–Crippen MR) is 141 cm³/mol. The summed E-state index contributed by atoms with van der Waals surface area (Å²) < 4.78 is 35.5. The van der Waals surface area contributed by atoms with E-state index in [-0.39, 0.29) is 0 Å². The maximum absolute atomic E-state index is 15.1. The first-order chi connectivity index (χ1) is 17.0. The van der Waals surface area contributed by atoms with Gasteiger partial charge in [-0.15, -0.1) is 0 Å². The van der Waals surface area contributed by atoms with Crippen LogP contribution in [0.1, 0.15) is 121 Å². The van der Waals surface area contributed by atoms with Crippen molar-refractivity contribution in [1.29, 1.82) is 0 Å². The lowest BCUT2D eigenvalue weighted by atomic mass is 9.68. The first-order valence-corrected chi connectivity index (χ1v) is 14.8. The maximum Gasteiger partial charge on any atom is 0.400 e. The highest BCUT2D eigenvalue weighted by Gasteiger charge is 2.45. The van der Waals surface area contributed by atoms with Crippen LogP contribution >= 0.6 is 0 Å². The molecule has 3 aliphatic carbocycles. The second-order valence-electron chi connectivity index (χ2n) is 12.0. The Balaban J connectivity index is 1.20. The minimum absolute atomic E-state index is 0.311. The van der Waals surface area contributed by atoms with Crippen molar-refractivity contribution in [2.45, 2.75) is 128 Å². The van der Waals surface area contributed by atoms with Crippen molar-refractivity contribution in [2.24, 2.45) is 23.7 Å². The second kappa shape index (κ2) is 12.9. The van der Waals surface area contributed by atoms with Gasteiger partial charge in [0.25, 0.3) is 0 Å². The molecular formula is C31H49F2NO. The number of halogens is 2. The molecule has 1 aromatic carbocycles. The lowest BCUT2D eigenvalue weighted by Gasteiger charge is -2.39. The third-order valence-electron chi connectivity index (χ3n) is 9.76. The molecule has 35 heavy (non-hydrogen) atoms. The van der Waals surface area contributed by atoms with Crippen LogP contribution in [-0.2, 0) is 0 Å². The number of benzene rings is 1. The lowest BCUT2D eigenvalue weighted by Crippen LogP contribution is -2.38. The zero-order valence-corrected chi connectivity index (χ0v) is 22.3. The molecule has 0 saturated heterocycles. The Hall–Kier alpha value is -1.16. The van der Waals surface area contributed by atoms with Gasteiger partial charge in [-0.2, -0.15) is 8.78 Å². The Morgan fingerprint density at radius 2 is 1.40 bits per heavy atom. The largest absolute Gasteiger partial charge is 0.432 e. The SMILES string of the molecule is CCCCCC1CCC(C2CCC(C(F)(F)Oc3ccc(C4CCC(NC)CC4)cc3)CC2)CC1. The Kier molecular flexibility index (Phi) is 9.90. The van der Waals surface area contributed by atoms with E-state index in [4.69, 9.17) is 4.74 Å². The number of hydrogen-bond donors (Lipinski definition) is 1. The van der Waals surface area contributed by atoms with Gasteiger partial charge in [0.1, 0.15) is 5.75 Å². The highest BCUT2D eigenvalue weighted by molar-refractivity contribution is 5.30. The van der Waals surface area contributed by atoms with Gasteiger partial charge in [-0.1, -0.05) is 57.6 Å². The van der Waals surface area contributed by atoms with Crippen LogP contribution in [0.4, 0.5) is 8.78 Å². The van der Waals surface area contributed by atoms with Crippen LogP contribution in [0.15, 0.2) is 24.3 Å². The summed E-state index contributed by atoms with van der Waals surface area (Å²) in [7, 11) is 2.03. The lowest BCUT2D eigenvalue weighted by molar-refractivity contribution is -0.224. The van der Waals surface area contributed by atoms with Gasteiger partial charge in [0, 0.05) is 6.04 Å². The summed E-state index contributed by atoms with van der Waals surface area (Å²) in [6.45, 7) is 2.27. The van der Waals surface area contributed by atoms with E-state index in [0.717, 1.165) is 37.5 Å². The smallest absolute Gasteiger partial charge is 0.400 e. The topological polar surface area (TPSA) is 21.3 Å². The first kappa shape index (κ1) is 26.9. The first-order valence-electron chi connectivity index (χ1n) is 14.8. The van der Waals surface area contributed by atoms with Gasteiger partial charge in [0.05, 0.1) is 5.92 Å². The van der Waals surface area contributed by atoms with E-state index >= 15 is 8.78 Å². The van der Waals surface area contributed by atoms with E-state index in [0.29, 0.717) is 36.5 Å². The Labute approximate surface area is 213 Å². The minimum atomic E-state index is -3.08. The third kappa shape index (κ3) is 7.43. The zero-order chi connectivity index (χ0) is 24.7. The van der Waals surface area contributed by atoms with Gasteiger partial charge in [-0.3, -0.25) is 0 Å². The normalized spacial score (nSPS) is 32.3. The fraction of sp³-hybridized carbons (Fsp3) is 0.806. The van der Waals surface area contributed by atoms with E-state index in [1.807, 2.05) is 19.2 Å². The molecule has 2 nitrogen and oxygen atoms in total. The molecule has 0 aliphatic heterocycles. The molecule has 0 heterocycles. The fourth-order valence-electron chi connectivity index (χ4n) is 7.32. The number of alkyl halides is 2. The summed E-state index contributed by atoms with van der Waals surface area (Å²) in [6, 6.07) is 8.15. The molecule has 0 bridgehead atoms. The molecule has 3 aliphatic rings. The molecule has 1 N–H and O–H groups in total. The average Bonchev–Trinajstić information content (AvgIpc) is 2.90.